The molecule has 3 heteroatoms. The van der Waals surface area contributed by atoms with Gasteiger partial charge in [0.25, 0.3) is 0 Å². The SMILES string of the molecule is CCP(CC)CC.Cl.[Ni]. The van der Waals surface area contributed by atoms with Gasteiger partial charge in [-0.25, -0.2) is 0 Å². The van der Waals surface area contributed by atoms with Crippen molar-refractivity contribution in [3.8, 4) is 0 Å². The van der Waals surface area contributed by atoms with E-state index in [1.54, 1.807) is 0 Å². The Kier molecular flexibility index (Phi) is 22.1. The van der Waals surface area contributed by atoms with Crippen LogP contribution in [0.15, 0.2) is 0 Å². The molecule has 0 saturated carbocycles. The van der Waals surface area contributed by atoms with E-state index in [9.17, 15) is 0 Å². The number of hydrogen-bond acceptors (Lipinski definition) is 0. The molecule has 0 spiro atoms. The molecule has 0 amide bonds. The summed E-state index contributed by atoms with van der Waals surface area (Å²) in [5.41, 5.74) is 0. The van der Waals surface area contributed by atoms with Crippen molar-refractivity contribution >= 4 is 20.3 Å². The van der Waals surface area contributed by atoms with Crippen molar-refractivity contribution in [2.45, 2.75) is 20.8 Å². The molecular formula is C6H16ClNiP. The fourth-order valence-electron chi connectivity index (χ4n) is 0.671. The molecule has 0 saturated heterocycles. The summed E-state index contributed by atoms with van der Waals surface area (Å²) >= 11 is 0. The molecule has 0 bridgehead atoms. The average molecular weight is 213 g/mol. The molecule has 0 aromatic heterocycles. The smallest absolute Gasteiger partial charge is 0 e. The monoisotopic (exact) mass is 212 g/mol. The normalized spacial score (nSPS) is 8.00. The molecule has 0 heterocycles. The fourth-order valence-corrected chi connectivity index (χ4v) is 2.01. The van der Waals surface area contributed by atoms with Crippen molar-refractivity contribution in [2.75, 3.05) is 18.5 Å². The molecule has 9 heavy (non-hydrogen) atoms. The fraction of sp³-hybridized carbons (Fsp3) is 1.00. The predicted octanol–water partition coefficient (Wildman–Crippen LogP) is 2.95. The van der Waals surface area contributed by atoms with Crippen molar-refractivity contribution in [3.05, 3.63) is 0 Å². The zero-order valence-electron chi connectivity index (χ0n) is 6.29. The Morgan fingerprint density at radius 2 is 1.11 bits per heavy atom. The molecule has 62 valence electrons. The maximum absolute atomic E-state index is 2.29. The molecule has 0 aliphatic carbocycles. The van der Waals surface area contributed by atoms with Crippen molar-refractivity contribution < 1.29 is 16.5 Å². The first-order chi connectivity index (χ1) is 3.35. The van der Waals surface area contributed by atoms with Gasteiger partial charge in [-0.15, -0.1) is 20.3 Å². The second kappa shape index (κ2) is 11.9. The van der Waals surface area contributed by atoms with Crippen LogP contribution in [0.2, 0.25) is 0 Å². The Balaban J connectivity index is -0.000000180. The van der Waals surface area contributed by atoms with Crippen molar-refractivity contribution in [1.82, 2.24) is 0 Å². The minimum Gasteiger partial charge on any atom is -0.147 e. The molecule has 0 N–H and O–H groups in total. The summed E-state index contributed by atoms with van der Waals surface area (Å²) in [5, 5.41) is 0. The van der Waals surface area contributed by atoms with Gasteiger partial charge in [-0.3, -0.25) is 0 Å². The van der Waals surface area contributed by atoms with Crippen LogP contribution in [0, 0.1) is 0 Å². The first kappa shape index (κ1) is 16.7. The third-order valence-corrected chi connectivity index (χ3v) is 4.02. The van der Waals surface area contributed by atoms with E-state index >= 15 is 0 Å². The Bertz CT molecular complexity index is 34.5. The van der Waals surface area contributed by atoms with E-state index in [1.165, 1.54) is 18.5 Å². The molecule has 0 nitrogen and oxygen atoms in total. The molecule has 0 atom stereocenters. The van der Waals surface area contributed by atoms with Crippen LogP contribution in [0.4, 0.5) is 0 Å². The Morgan fingerprint density at radius 1 is 0.889 bits per heavy atom. The summed E-state index contributed by atoms with van der Waals surface area (Å²) in [7, 11) is 0.446. The maximum Gasteiger partial charge on any atom is 0 e. The van der Waals surface area contributed by atoms with Crippen LogP contribution >= 0.6 is 20.3 Å². The van der Waals surface area contributed by atoms with Gasteiger partial charge in [-0.1, -0.05) is 20.8 Å². The first-order valence-corrected chi connectivity index (χ1v) is 4.97. The minimum absolute atomic E-state index is 0. The average Bonchev–Trinajstić information content (AvgIpc) is 1.72. The molecule has 0 aromatic rings. The van der Waals surface area contributed by atoms with E-state index < -0.39 is 0 Å². The van der Waals surface area contributed by atoms with Crippen LogP contribution < -0.4 is 0 Å². The third kappa shape index (κ3) is 9.21. The summed E-state index contributed by atoms with van der Waals surface area (Å²) in [6.07, 6.45) is 4.26. The second-order valence-electron chi connectivity index (χ2n) is 1.62. The summed E-state index contributed by atoms with van der Waals surface area (Å²) in [4.78, 5) is 0. The predicted molar refractivity (Wildman–Crippen MR) is 45.8 cm³/mol. The summed E-state index contributed by atoms with van der Waals surface area (Å²) < 4.78 is 0. The standard InChI is InChI=1S/C6H15P.ClH.Ni/c1-4-7(5-2)6-3;;/h4-6H2,1-3H3;1H;. The molecule has 0 rings (SSSR count). The number of rotatable bonds is 3. The molecule has 0 fully saturated rings. The topological polar surface area (TPSA) is 0 Å². The van der Waals surface area contributed by atoms with E-state index in [2.05, 4.69) is 20.8 Å². The zero-order chi connectivity index (χ0) is 5.70. The van der Waals surface area contributed by atoms with E-state index in [1.807, 2.05) is 0 Å². The number of hydrogen-bond donors (Lipinski definition) is 0. The molecule has 0 unspecified atom stereocenters. The van der Waals surface area contributed by atoms with Crippen molar-refractivity contribution in [1.29, 1.82) is 0 Å². The molecule has 0 aliphatic rings. The van der Waals surface area contributed by atoms with E-state index in [0.29, 0.717) is 7.92 Å². The van der Waals surface area contributed by atoms with Gasteiger partial charge < -0.3 is 0 Å². The van der Waals surface area contributed by atoms with Gasteiger partial charge in [0.1, 0.15) is 0 Å². The van der Waals surface area contributed by atoms with Crippen molar-refractivity contribution in [2.24, 2.45) is 0 Å². The Morgan fingerprint density at radius 3 is 1.11 bits per heavy atom. The van der Waals surface area contributed by atoms with Gasteiger partial charge >= 0.3 is 0 Å². The van der Waals surface area contributed by atoms with Gasteiger partial charge in [-0.2, -0.15) is 0 Å². The van der Waals surface area contributed by atoms with E-state index in [0.717, 1.165) is 0 Å². The Labute approximate surface area is 76.3 Å². The van der Waals surface area contributed by atoms with Crippen LogP contribution in [0.1, 0.15) is 20.8 Å². The van der Waals surface area contributed by atoms with Crippen molar-refractivity contribution in [3.63, 3.8) is 0 Å². The summed E-state index contributed by atoms with van der Waals surface area (Å²) in [6.45, 7) is 6.87. The largest absolute Gasteiger partial charge is 0.147 e. The first-order valence-electron chi connectivity index (χ1n) is 3.07. The maximum atomic E-state index is 2.29. The van der Waals surface area contributed by atoms with E-state index in [4.69, 9.17) is 0 Å². The summed E-state index contributed by atoms with van der Waals surface area (Å²) in [6, 6.07) is 0. The van der Waals surface area contributed by atoms with Crippen LogP contribution in [-0.2, 0) is 16.5 Å². The minimum atomic E-state index is 0. The molecule has 0 aliphatic heterocycles. The summed E-state index contributed by atoms with van der Waals surface area (Å²) in [5.74, 6) is 0. The zero-order valence-corrected chi connectivity index (χ0v) is 8.99. The van der Waals surface area contributed by atoms with E-state index in [-0.39, 0.29) is 28.9 Å². The third-order valence-electron chi connectivity index (χ3n) is 1.34. The van der Waals surface area contributed by atoms with Crippen LogP contribution in [0.3, 0.4) is 0 Å². The van der Waals surface area contributed by atoms with Gasteiger partial charge in [0.05, 0.1) is 0 Å². The van der Waals surface area contributed by atoms with Gasteiger partial charge in [0.15, 0.2) is 0 Å². The number of halogens is 1. The van der Waals surface area contributed by atoms with Crippen LogP contribution in [0.5, 0.6) is 0 Å². The molecule has 0 radical (unpaired) electrons. The molecule has 0 aromatic carbocycles. The van der Waals surface area contributed by atoms with Crippen LogP contribution in [0.25, 0.3) is 0 Å². The second-order valence-corrected chi connectivity index (χ2v) is 4.86. The van der Waals surface area contributed by atoms with Crippen LogP contribution in [-0.4, -0.2) is 18.5 Å². The van der Waals surface area contributed by atoms with Gasteiger partial charge in [-0.05, 0) is 18.5 Å². The van der Waals surface area contributed by atoms with Gasteiger partial charge in [0.2, 0.25) is 0 Å². The van der Waals surface area contributed by atoms with Gasteiger partial charge in [0, 0.05) is 16.5 Å². The molecular weight excluding hydrogens is 197 g/mol. The quantitative estimate of drug-likeness (QED) is 0.499. The Hall–Kier alpha value is 1.21.